The number of hydrogen-bond donors (Lipinski definition) is 0. The van der Waals surface area contributed by atoms with Gasteiger partial charge in [0.2, 0.25) is 6.33 Å². The van der Waals surface area contributed by atoms with Crippen molar-refractivity contribution in [3.05, 3.63) is 42.5 Å². The molecule has 0 amide bonds. The third-order valence-electron chi connectivity index (χ3n) is 2.75. The predicted molar refractivity (Wildman–Crippen MR) is 77.5 cm³/mol. The molecule has 0 spiro atoms. The summed E-state index contributed by atoms with van der Waals surface area (Å²) in [6.07, 6.45) is 6.25. The van der Waals surface area contributed by atoms with Crippen molar-refractivity contribution in [2.75, 3.05) is 0 Å². The number of nitrogens with zero attached hydrogens (tertiary/aromatic N) is 3. The monoisotopic (exact) mass is 311 g/mol. The lowest BCUT2D eigenvalue weighted by Gasteiger charge is -2.05. The normalized spacial score (nSPS) is 10.9. The molecule has 1 aromatic heterocycles. The fraction of sp³-hybridized carbons (Fsp3) is 0.429. The van der Waals surface area contributed by atoms with E-state index < -0.39 is 10.1 Å². The molecule has 7 heteroatoms. The summed E-state index contributed by atoms with van der Waals surface area (Å²) in [5.41, 5.74) is 0.928. The molecule has 0 saturated heterocycles. The topological polar surface area (TPSA) is 78.9 Å². The Bertz CT molecular complexity index is 648. The van der Waals surface area contributed by atoms with E-state index in [1.165, 1.54) is 25.0 Å². The molecule has 1 aromatic carbocycles. The molecule has 6 nitrogen and oxygen atoms in total. The van der Waals surface area contributed by atoms with Crippen molar-refractivity contribution in [3.63, 3.8) is 0 Å². The lowest BCUT2D eigenvalue weighted by Crippen LogP contribution is -2.23. The lowest BCUT2D eigenvalue weighted by atomic mass is 10.2. The van der Waals surface area contributed by atoms with Crippen molar-refractivity contribution in [2.45, 2.75) is 38.1 Å². The van der Waals surface area contributed by atoms with Crippen LogP contribution in [-0.4, -0.2) is 22.8 Å². The smallest absolute Gasteiger partial charge is 0.264 e. The van der Waals surface area contributed by atoms with Gasteiger partial charge in [0.25, 0.3) is 6.33 Å². The van der Waals surface area contributed by atoms with Gasteiger partial charge < -0.3 is 4.55 Å². The van der Waals surface area contributed by atoms with Crippen molar-refractivity contribution in [3.8, 4) is 0 Å². The molecule has 1 heterocycles. The summed E-state index contributed by atoms with van der Waals surface area (Å²) >= 11 is 0. The first-order valence-electron chi connectivity index (χ1n) is 6.73. The number of aryl methyl sites for hydroxylation is 3. The van der Waals surface area contributed by atoms with Crippen LogP contribution >= 0.6 is 0 Å². The van der Waals surface area contributed by atoms with Gasteiger partial charge in [-0.25, -0.2) is 13.0 Å². The maximum absolute atomic E-state index is 10.4. The second-order valence-corrected chi connectivity index (χ2v) is 6.18. The molecule has 2 rings (SSSR count). The molecule has 0 fully saturated rings. The van der Waals surface area contributed by atoms with Gasteiger partial charge >= 0.3 is 0 Å². The summed E-state index contributed by atoms with van der Waals surface area (Å²) in [4.78, 5) is -0.178. The Morgan fingerprint density at radius 1 is 1.29 bits per heavy atom. The summed E-state index contributed by atoms with van der Waals surface area (Å²) in [6, 6.07) is 5.78. The van der Waals surface area contributed by atoms with Gasteiger partial charge in [0.1, 0.15) is 16.7 Å². The number of benzene rings is 1. The standard InChI is InChI=1S/C7H14N3.C7H8O3S/c1-3-4-5-10-7-9(2)6-8-10;1-6-2-4-7(5-3-6)11(8,9)10/h6-7H,3-5H2,1-2H3;2-5H,1H3,(H,8,9,10)/q+1;/p-1. The first-order valence-corrected chi connectivity index (χ1v) is 8.14. The van der Waals surface area contributed by atoms with Crippen LogP contribution in [0.3, 0.4) is 0 Å². The van der Waals surface area contributed by atoms with Gasteiger partial charge in [-0.3, -0.25) is 0 Å². The zero-order valence-corrected chi connectivity index (χ0v) is 13.4. The second-order valence-electron chi connectivity index (χ2n) is 4.80. The van der Waals surface area contributed by atoms with Crippen LogP contribution in [0.25, 0.3) is 0 Å². The summed E-state index contributed by atoms with van der Waals surface area (Å²) in [5, 5.41) is 4.13. The van der Waals surface area contributed by atoms with Crippen LogP contribution < -0.4 is 4.57 Å². The molecule has 0 aliphatic rings. The van der Waals surface area contributed by atoms with Gasteiger partial charge in [-0.15, -0.1) is 4.68 Å². The SMILES string of the molecule is CCCCn1c[n+](C)cn1.Cc1ccc(S(=O)(=O)[O-])cc1. The number of unbranched alkanes of at least 4 members (excludes halogenated alkanes) is 1. The molecule has 2 aromatic rings. The maximum Gasteiger partial charge on any atom is 0.264 e. The van der Waals surface area contributed by atoms with E-state index in [0.717, 1.165) is 12.1 Å². The average molecular weight is 311 g/mol. The summed E-state index contributed by atoms with van der Waals surface area (Å²) in [7, 11) is -2.29. The van der Waals surface area contributed by atoms with Crippen LogP contribution in [0.15, 0.2) is 41.8 Å². The first-order chi connectivity index (χ1) is 9.82. The molecule has 0 N–H and O–H groups in total. The van der Waals surface area contributed by atoms with Crippen LogP contribution in [0.4, 0.5) is 0 Å². The Balaban J connectivity index is 0.000000211. The Morgan fingerprint density at radius 3 is 2.33 bits per heavy atom. The molecule has 0 bridgehead atoms. The van der Waals surface area contributed by atoms with Crippen LogP contribution in [0.5, 0.6) is 0 Å². The zero-order chi connectivity index (χ0) is 15.9. The maximum atomic E-state index is 10.4. The van der Waals surface area contributed by atoms with E-state index in [-0.39, 0.29) is 4.90 Å². The highest BCUT2D eigenvalue weighted by molar-refractivity contribution is 7.85. The van der Waals surface area contributed by atoms with Crippen molar-refractivity contribution in [1.29, 1.82) is 0 Å². The van der Waals surface area contributed by atoms with Crippen LogP contribution in [0.1, 0.15) is 25.3 Å². The average Bonchev–Trinajstić information content (AvgIpc) is 2.82. The summed E-state index contributed by atoms with van der Waals surface area (Å²) < 4.78 is 35.1. The van der Waals surface area contributed by atoms with Crippen LogP contribution in [0, 0.1) is 6.92 Å². The lowest BCUT2D eigenvalue weighted by molar-refractivity contribution is -0.672. The minimum absolute atomic E-state index is 0.178. The van der Waals surface area contributed by atoms with Gasteiger partial charge in [-0.05, 0) is 25.5 Å². The molecule has 0 radical (unpaired) electrons. The molecule has 0 unspecified atom stereocenters. The molecule has 0 atom stereocenters. The highest BCUT2D eigenvalue weighted by Gasteiger charge is 1.99. The quantitative estimate of drug-likeness (QED) is 0.631. The summed E-state index contributed by atoms with van der Waals surface area (Å²) in [5.74, 6) is 0. The van der Waals surface area contributed by atoms with Gasteiger partial charge in [0.15, 0.2) is 0 Å². The Labute approximate surface area is 125 Å². The number of hydrogen-bond acceptors (Lipinski definition) is 4. The zero-order valence-electron chi connectivity index (χ0n) is 12.6. The fourth-order valence-corrected chi connectivity index (χ4v) is 2.03. The fourth-order valence-electron chi connectivity index (χ4n) is 1.56. The molecule has 21 heavy (non-hydrogen) atoms. The molecular weight excluding hydrogens is 290 g/mol. The van der Waals surface area contributed by atoms with Gasteiger partial charge in [0, 0.05) is 5.10 Å². The van der Waals surface area contributed by atoms with E-state index >= 15 is 0 Å². The van der Waals surface area contributed by atoms with Crippen molar-refractivity contribution in [2.24, 2.45) is 7.05 Å². The van der Waals surface area contributed by atoms with Crippen molar-refractivity contribution in [1.82, 2.24) is 9.78 Å². The molecule has 0 aliphatic carbocycles. The molecule has 0 aliphatic heterocycles. The van der Waals surface area contributed by atoms with Crippen molar-refractivity contribution < 1.29 is 17.5 Å². The minimum atomic E-state index is -4.27. The van der Waals surface area contributed by atoms with E-state index in [2.05, 4.69) is 12.0 Å². The Kier molecular flexibility index (Phi) is 6.51. The first kappa shape index (κ1) is 17.3. The van der Waals surface area contributed by atoms with E-state index in [9.17, 15) is 13.0 Å². The van der Waals surface area contributed by atoms with Gasteiger partial charge in [0.05, 0.1) is 11.9 Å². The highest BCUT2D eigenvalue weighted by atomic mass is 32.2. The molecular formula is C14H21N3O3S. The number of rotatable bonds is 4. The highest BCUT2D eigenvalue weighted by Crippen LogP contribution is 2.08. The van der Waals surface area contributed by atoms with Gasteiger partial charge in [-0.2, -0.15) is 0 Å². The van der Waals surface area contributed by atoms with Crippen LogP contribution in [-0.2, 0) is 23.7 Å². The van der Waals surface area contributed by atoms with Crippen molar-refractivity contribution >= 4 is 10.1 Å². The van der Waals surface area contributed by atoms with E-state index in [1.807, 2.05) is 35.9 Å². The number of aromatic nitrogens is 3. The Hall–Kier alpha value is -1.73. The minimum Gasteiger partial charge on any atom is -0.744 e. The van der Waals surface area contributed by atoms with Crippen LogP contribution in [0.2, 0.25) is 0 Å². The second kappa shape index (κ2) is 7.90. The Morgan fingerprint density at radius 2 is 1.90 bits per heavy atom. The predicted octanol–water partition coefficient (Wildman–Crippen LogP) is 1.41. The largest absolute Gasteiger partial charge is 0.744 e. The third-order valence-corrected chi connectivity index (χ3v) is 3.60. The van der Waals surface area contributed by atoms with E-state index in [1.54, 1.807) is 12.1 Å². The molecule has 116 valence electrons. The van der Waals surface area contributed by atoms with E-state index in [4.69, 9.17) is 0 Å². The summed E-state index contributed by atoms with van der Waals surface area (Å²) in [6.45, 7) is 5.04. The third kappa shape index (κ3) is 6.50. The van der Waals surface area contributed by atoms with E-state index in [0.29, 0.717) is 0 Å². The molecule has 0 saturated carbocycles. The van der Waals surface area contributed by atoms with Gasteiger partial charge in [-0.1, -0.05) is 31.0 Å².